The van der Waals surface area contributed by atoms with Crippen LogP contribution >= 0.6 is 0 Å². The zero-order valence-electron chi connectivity index (χ0n) is 11.7. The first-order chi connectivity index (χ1) is 9.81. The first kappa shape index (κ1) is 14.8. The van der Waals surface area contributed by atoms with Crippen LogP contribution in [0.15, 0.2) is 43.0 Å². The van der Waals surface area contributed by atoms with E-state index >= 15 is 0 Å². The second-order valence-electron chi connectivity index (χ2n) is 4.77. The maximum atomic E-state index is 11.9. The van der Waals surface area contributed by atoms with E-state index in [2.05, 4.69) is 6.58 Å². The zero-order valence-corrected chi connectivity index (χ0v) is 11.7. The Labute approximate surface area is 120 Å². The highest BCUT2D eigenvalue weighted by molar-refractivity contribution is 6.00. The number of para-hydroxylation sites is 1. The molecular formula is C16H21NO3. The van der Waals surface area contributed by atoms with Crippen LogP contribution in [0, 0.1) is 0 Å². The number of hydrogen-bond acceptors (Lipinski definition) is 3. The molecule has 20 heavy (non-hydrogen) atoms. The fourth-order valence-electron chi connectivity index (χ4n) is 1.94. The van der Waals surface area contributed by atoms with Gasteiger partial charge in [0.1, 0.15) is 6.10 Å². The minimum Gasteiger partial charge on any atom is -0.379 e. The molecule has 1 aliphatic rings. The van der Waals surface area contributed by atoms with Gasteiger partial charge in [-0.3, -0.25) is 4.79 Å². The van der Waals surface area contributed by atoms with Crippen molar-refractivity contribution in [1.29, 1.82) is 0 Å². The number of epoxide rings is 1. The van der Waals surface area contributed by atoms with Gasteiger partial charge in [0.25, 0.3) is 0 Å². The molecule has 108 valence electrons. The quantitative estimate of drug-likeness (QED) is 0.395. The molecule has 1 fully saturated rings. The van der Waals surface area contributed by atoms with Crippen molar-refractivity contribution in [1.82, 2.24) is 0 Å². The van der Waals surface area contributed by atoms with Crippen molar-refractivity contribution in [2.24, 2.45) is 0 Å². The number of ether oxygens (including phenoxy) is 2. The van der Waals surface area contributed by atoms with Crippen LogP contribution in [0.3, 0.4) is 0 Å². The van der Waals surface area contributed by atoms with E-state index in [0.717, 1.165) is 25.1 Å². The second kappa shape index (κ2) is 7.82. The van der Waals surface area contributed by atoms with Crippen molar-refractivity contribution in [2.75, 3.05) is 31.3 Å². The van der Waals surface area contributed by atoms with E-state index in [4.69, 9.17) is 9.47 Å². The van der Waals surface area contributed by atoms with E-state index in [1.54, 1.807) is 4.90 Å². The predicted molar refractivity (Wildman–Crippen MR) is 78.8 cm³/mol. The highest BCUT2D eigenvalue weighted by atomic mass is 16.6. The average molecular weight is 275 g/mol. The van der Waals surface area contributed by atoms with E-state index in [1.807, 2.05) is 30.3 Å². The van der Waals surface area contributed by atoms with E-state index in [-0.39, 0.29) is 5.91 Å². The van der Waals surface area contributed by atoms with Crippen molar-refractivity contribution in [3.8, 4) is 0 Å². The molecule has 0 saturated carbocycles. The van der Waals surface area contributed by atoms with Crippen LogP contribution in [0.5, 0.6) is 0 Å². The Hall–Kier alpha value is -1.65. The molecule has 1 atom stereocenters. The Morgan fingerprint density at radius 1 is 1.40 bits per heavy atom. The molecule has 1 aliphatic heterocycles. The summed E-state index contributed by atoms with van der Waals surface area (Å²) in [6.45, 7) is 6.47. The summed E-state index contributed by atoms with van der Waals surface area (Å²) in [5.41, 5.74) is 0.907. The number of carbonyl (C=O) groups excluding carboxylic acids is 1. The lowest BCUT2D eigenvalue weighted by Gasteiger charge is -2.21. The molecule has 1 saturated heterocycles. The van der Waals surface area contributed by atoms with Crippen LogP contribution in [0.1, 0.15) is 12.8 Å². The normalized spacial score (nSPS) is 16.7. The zero-order chi connectivity index (χ0) is 14.2. The summed E-state index contributed by atoms with van der Waals surface area (Å²) in [6, 6.07) is 9.66. The van der Waals surface area contributed by atoms with Gasteiger partial charge in [0.15, 0.2) is 0 Å². The average Bonchev–Trinajstić information content (AvgIpc) is 3.31. The molecule has 0 aromatic heterocycles. The van der Waals surface area contributed by atoms with Gasteiger partial charge in [0.05, 0.1) is 13.2 Å². The lowest BCUT2D eigenvalue weighted by molar-refractivity contribution is -0.114. The maximum absolute atomic E-state index is 11.9. The third-order valence-electron chi connectivity index (χ3n) is 3.14. The Bertz CT molecular complexity index is 429. The lowest BCUT2D eigenvalue weighted by atomic mass is 10.2. The van der Waals surface area contributed by atoms with Crippen molar-refractivity contribution >= 4 is 11.6 Å². The van der Waals surface area contributed by atoms with Crippen molar-refractivity contribution < 1.29 is 14.3 Å². The molecule has 0 radical (unpaired) electrons. The van der Waals surface area contributed by atoms with Crippen LogP contribution in [-0.2, 0) is 14.3 Å². The van der Waals surface area contributed by atoms with Crippen LogP contribution in [0.2, 0.25) is 0 Å². The van der Waals surface area contributed by atoms with Crippen LogP contribution in [0.4, 0.5) is 5.69 Å². The smallest absolute Gasteiger partial charge is 0.250 e. The number of carbonyl (C=O) groups is 1. The Balaban J connectivity index is 1.73. The molecular weight excluding hydrogens is 254 g/mol. The van der Waals surface area contributed by atoms with Crippen LogP contribution in [-0.4, -0.2) is 38.4 Å². The maximum Gasteiger partial charge on any atom is 0.250 e. The number of rotatable bonds is 9. The largest absolute Gasteiger partial charge is 0.379 e. The number of hydrogen-bond donors (Lipinski definition) is 0. The SMILES string of the molecule is C=CC(=O)N(CCCCOCC1CO1)c1ccccc1. The monoisotopic (exact) mass is 275 g/mol. The fourth-order valence-corrected chi connectivity index (χ4v) is 1.94. The molecule has 1 amide bonds. The standard InChI is InChI=1S/C16H21NO3/c1-2-16(18)17(14-8-4-3-5-9-14)10-6-7-11-19-12-15-13-20-15/h2-5,8-9,15H,1,6-7,10-13H2. The van der Waals surface area contributed by atoms with Gasteiger partial charge in [-0.2, -0.15) is 0 Å². The highest BCUT2D eigenvalue weighted by Crippen LogP contribution is 2.15. The Kier molecular flexibility index (Phi) is 5.77. The van der Waals surface area contributed by atoms with Gasteiger partial charge in [-0.15, -0.1) is 0 Å². The lowest BCUT2D eigenvalue weighted by Crippen LogP contribution is -2.30. The first-order valence-corrected chi connectivity index (χ1v) is 6.99. The van der Waals surface area contributed by atoms with Gasteiger partial charge in [0, 0.05) is 18.8 Å². The summed E-state index contributed by atoms with van der Waals surface area (Å²) in [5.74, 6) is -0.0662. The number of unbranched alkanes of at least 4 members (excludes halogenated alkanes) is 1. The molecule has 2 rings (SSSR count). The van der Waals surface area contributed by atoms with Gasteiger partial charge in [0.2, 0.25) is 5.91 Å². The topological polar surface area (TPSA) is 42.1 Å². The highest BCUT2D eigenvalue weighted by Gasteiger charge is 2.22. The van der Waals surface area contributed by atoms with E-state index < -0.39 is 0 Å². The van der Waals surface area contributed by atoms with Crippen molar-refractivity contribution in [2.45, 2.75) is 18.9 Å². The molecule has 1 aromatic carbocycles. The van der Waals surface area contributed by atoms with Gasteiger partial charge in [-0.1, -0.05) is 24.8 Å². The van der Waals surface area contributed by atoms with Gasteiger partial charge in [-0.05, 0) is 31.1 Å². The Morgan fingerprint density at radius 2 is 2.15 bits per heavy atom. The first-order valence-electron chi connectivity index (χ1n) is 6.99. The summed E-state index contributed by atoms with van der Waals surface area (Å²) < 4.78 is 10.6. The summed E-state index contributed by atoms with van der Waals surface area (Å²) in [4.78, 5) is 13.6. The van der Waals surface area contributed by atoms with Gasteiger partial charge in [-0.25, -0.2) is 0 Å². The third kappa shape index (κ3) is 4.79. The Morgan fingerprint density at radius 3 is 2.80 bits per heavy atom. The molecule has 0 N–H and O–H groups in total. The molecule has 1 unspecified atom stereocenters. The number of amides is 1. The number of anilines is 1. The summed E-state index contributed by atoms with van der Waals surface area (Å²) in [5, 5.41) is 0. The van der Waals surface area contributed by atoms with E-state index in [1.165, 1.54) is 6.08 Å². The fraction of sp³-hybridized carbons (Fsp3) is 0.438. The summed E-state index contributed by atoms with van der Waals surface area (Å²) in [7, 11) is 0. The molecule has 1 aromatic rings. The summed E-state index contributed by atoms with van der Waals surface area (Å²) in [6.07, 6.45) is 3.51. The van der Waals surface area contributed by atoms with Crippen LogP contribution < -0.4 is 4.90 Å². The molecule has 0 aliphatic carbocycles. The third-order valence-corrected chi connectivity index (χ3v) is 3.14. The minimum absolute atomic E-state index is 0.0662. The summed E-state index contributed by atoms with van der Waals surface area (Å²) >= 11 is 0. The molecule has 4 heteroatoms. The second-order valence-corrected chi connectivity index (χ2v) is 4.77. The molecule has 0 spiro atoms. The minimum atomic E-state index is -0.0662. The predicted octanol–water partition coefficient (Wildman–Crippen LogP) is 2.40. The van der Waals surface area contributed by atoms with E-state index in [0.29, 0.717) is 25.9 Å². The molecule has 4 nitrogen and oxygen atoms in total. The molecule has 1 heterocycles. The number of benzene rings is 1. The number of nitrogens with zero attached hydrogens (tertiary/aromatic N) is 1. The van der Waals surface area contributed by atoms with Gasteiger partial charge >= 0.3 is 0 Å². The van der Waals surface area contributed by atoms with E-state index in [9.17, 15) is 4.79 Å². The molecule has 0 bridgehead atoms. The van der Waals surface area contributed by atoms with Gasteiger partial charge < -0.3 is 14.4 Å². The van der Waals surface area contributed by atoms with Crippen molar-refractivity contribution in [3.05, 3.63) is 43.0 Å². The van der Waals surface area contributed by atoms with Crippen LogP contribution in [0.25, 0.3) is 0 Å². The van der Waals surface area contributed by atoms with Crippen molar-refractivity contribution in [3.63, 3.8) is 0 Å².